The maximum atomic E-state index is 13.8. The van der Waals surface area contributed by atoms with Crippen LogP contribution in [-0.2, 0) is 14.0 Å². The highest BCUT2D eigenvalue weighted by atomic mass is 28.4. The summed E-state index contributed by atoms with van der Waals surface area (Å²) < 4.78 is 12.8. The molecule has 5 heteroatoms. The van der Waals surface area contributed by atoms with E-state index in [4.69, 9.17) is 9.16 Å². The van der Waals surface area contributed by atoms with Gasteiger partial charge in [-0.15, -0.1) is 0 Å². The first kappa shape index (κ1) is 33.7. The molecule has 4 saturated carbocycles. The molecule has 4 nitrogen and oxygen atoms in total. The van der Waals surface area contributed by atoms with Crippen molar-refractivity contribution in [1.29, 1.82) is 0 Å². The van der Waals surface area contributed by atoms with Gasteiger partial charge in [0.05, 0.1) is 18.1 Å². The van der Waals surface area contributed by atoms with Crippen LogP contribution in [0, 0.1) is 50.2 Å². The molecule has 0 aliphatic heterocycles. The molecule has 246 valence electrons. The van der Waals surface area contributed by atoms with Gasteiger partial charge in [-0.25, -0.2) is 0 Å². The Balaban J connectivity index is 1.52. The van der Waals surface area contributed by atoms with E-state index in [0.29, 0.717) is 25.0 Å². The van der Waals surface area contributed by atoms with E-state index in [1.165, 1.54) is 6.42 Å². The highest BCUT2D eigenvalue weighted by Gasteiger charge is 2.70. The Morgan fingerprint density at radius 1 is 0.953 bits per heavy atom. The topological polar surface area (TPSA) is 55.8 Å². The van der Waals surface area contributed by atoms with Crippen LogP contribution < -0.4 is 0 Å². The Kier molecular flexibility index (Phi) is 8.17. The first-order valence-corrected chi connectivity index (χ1v) is 20.7. The molecule has 0 amide bonds. The minimum absolute atomic E-state index is 0.0696. The number of aliphatic hydroxyl groups is 1. The summed E-state index contributed by atoms with van der Waals surface area (Å²) in [6, 6.07) is 0. The largest absolute Gasteiger partial charge is 0.466 e. The van der Waals surface area contributed by atoms with Crippen molar-refractivity contribution in [3.63, 3.8) is 0 Å². The van der Waals surface area contributed by atoms with Crippen LogP contribution in [-0.4, -0.2) is 38.7 Å². The number of rotatable bonds is 5. The normalized spacial score (nSPS) is 46.0. The van der Waals surface area contributed by atoms with Gasteiger partial charge in [-0.05, 0) is 129 Å². The third-order valence-electron chi connectivity index (χ3n) is 15.6. The predicted octanol–water partition coefficient (Wildman–Crippen LogP) is 9.71. The van der Waals surface area contributed by atoms with Crippen LogP contribution in [0.4, 0.5) is 0 Å². The van der Waals surface area contributed by atoms with Crippen molar-refractivity contribution in [2.75, 3.05) is 13.2 Å². The summed E-state index contributed by atoms with van der Waals surface area (Å²) in [5, 5.41) is 11.8. The van der Waals surface area contributed by atoms with E-state index >= 15 is 0 Å². The van der Waals surface area contributed by atoms with E-state index < -0.39 is 8.32 Å². The standard InChI is InChI=1S/C38H66O4Si/c1-13-41-31(40)38-22-20-33(5,6)24-27(38)26-14-15-29-34(7)18-17-30(39)35(8,25-42-43(11,12)32(2,3)4)28(34)16-19-37(29,10)36(26,9)21-23-38/h14,27-30,39H,13,15-25H2,1-12H3/t27?,28?,29?,30-,34-,35-,36+,37+,38-/m0/s1. The van der Waals surface area contributed by atoms with Gasteiger partial charge in [-0.2, -0.15) is 0 Å². The number of allylic oxidation sites excluding steroid dienone is 2. The summed E-state index contributed by atoms with van der Waals surface area (Å²) >= 11 is 0. The number of hydrogen-bond acceptors (Lipinski definition) is 4. The van der Waals surface area contributed by atoms with Gasteiger partial charge in [0.2, 0.25) is 0 Å². The van der Waals surface area contributed by atoms with Gasteiger partial charge in [-0.3, -0.25) is 4.79 Å². The van der Waals surface area contributed by atoms with Crippen LogP contribution in [0.15, 0.2) is 11.6 Å². The Labute approximate surface area is 265 Å². The quantitative estimate of drug-likeness (QED) is 0.190. The molecule has 0 aromatic rings. The third-order valence-corrected chi connectivity index (χ3v) is 20.1. The number of aliphatic hydroxyl groups excluding tert-OH is 1. The van der Waals surface area contributed by atoms with E-state index in [0.717, 1.165) is 57.8 Å². The number of esters is 1. The lowest BCUT2D eigenvalue weighted by atomic mass is 9.33. The van der Waals surface area contributed by atoms with E-state index in [-0.39, 0.29) is 55.5 Å². The van der Waals surface area contributed by atoms with Crippen LogP contribution in [0.3, 0.4) is 0 Å². The first-order chi connectivity index (χ1) is 19.6. The zero-order valence-corrected chi connectivity index (χ0v) is 31.0. The van der Waals surface area contributed by atoms with Gasteiger partial charge >= 0.3 is 5.97 Å². The molecule has 0 spiro atoms. The van der Waals surface area contributed by atoms with Crippen molar-refractivity contribution in [3.05, 3.63) is 11.6 Å². The average Bonchev–Trinajstić information content (AvgIpc) is 2.89. The van der Waals surface area contributed by atoms with E-state index in [9.17, 15) is 9.90 Å². The van der Waals surface area contributed by atoms with E-state index in [1.807, 2.05) is 6.92 Å². The van der Waals surface area contributed by atoms with Gasteiger partial charge in [0, 0.05) is 12.0 Å². The maximum Gasteiger partial charge on any atom is 0.312 e. The average molecular weight is 615 g/mol. The summed E-state index contributed by atoms with van der Waals surface area (Å²) in [7, 11) is -1.94. The SMILES string of the molecule is CCOC(=O)[C@]12CCC(C)(C)CC1C1=CCC3[C@@]4(C)CC[C@H](O)[C@@](C)(CO[Si](C)(C)C(C)(C)C)C4CC[C@@]3(C)[C@]1(C)CC2. The highest BCUT2D eigenvalue weighted by molar-refractivity contribution is 6.74. The minimum atomic E-state index is -1.94. The molecular formula is C38H66O4Si. The monoisotopic (exact) mass is 614 g/mol. The van der Waals surface area contributed by atoms with Crippen LogP contribution in [0.5, 0.6) is 0 Å². The lowest BCUT2D eigenvalue weighted by Gasteiger charge is -2.71. The van der Waals surface area contributed by atoms with Crippen molar-refractivity contribution >= 4 is 14.3 Å². The van der Waals surface area contributed by atoms with Crippen molar-refractivity contribution in [2.24, 2.45) is 50.2 Å². The van der Waals surface area contributed by atoms with Crippen LogP contribution in [0.25, 0.3) is 0 Å². The fraction of sp³-hybridized carbons (Fsp3) is 0.921. The minimum Gasteiger partial charge on any atom is -0.466 e. The molecular weight excluding hydrogens is 549 g/mol. The van der Waals surface area contributed by atoms with Gasteiger partial charge < -0.3 is 14.3 Å². The number of hydrogen-bond donors (Lipinski definition) is 1. The third kappa shape index (κ3) is 4.81. The van der Waals surface area contributed by atoms with Crippen molar-refractivity contribution in [2.45, 2.75) is 158 Å². The fourth-order valence-corrected chi connectivity index (χ4v) is 12.5. The molecule has 0 bridgehead atoms. The first-order valence-electron chi connectivity index (χ1n) is 17.8. The van der Waals surface area contributed by atoms with Crippen molar-refractivity contribution < 1.29 is 19.1 Å². The fourth-order valence-electron chi connectivity index (χ4n) is 11.4. The number of carbonyl (C=O) groups excluding carboxylic acids is 1. The lowest BCUT2D eigenvalue weighted by molar-refractivity contribution is -0.216. The number of ether oxygens (including phenoxy) is 1. The van der Waals surface area contributed by atoms with Crippen LogP contribution in [0.2, 0.25) is 18.1 Å². The number of fused-ring (bicyclic) bond motifs is 7. The summed E-state index contributed by atoms with van der Waals surface area (Å²) in [4.78, 5) is 13.8. The Bertz CT molecular complexity index is 1140. The molecule has 5 rings (SSSR count). The zero-order valence-electron chi connectivity index (χ0n) is 30.0. The molecule has 0 saturated heterocycles. The summed E-state index contributed by atoms with van der Waals surface area (Å²) in [6.45, 7) is 29.7. The van der Waals surface area contributed by atoms with Crippen molar-refractivity contribution in [1.82, 2.24) is 0 Å². The summed E-state index contributed by atoms with van der Waals surface area (Å²) in [5.74, 6) is 1.37. The Morgan fingerprint density at radius 3 is 2.23 bits per heavy atom. The second-order valence-corrected chi connectivity index (χ2v) is 24.0. The van der Waals surface area contributed by atoms with Crippen LogP contribution >= 0.6 is 0 Å². The molecule has 0 heterocycles. The Hall–Kier alpha value is -0.653. The van der Waals surface area contributed by atoms with Crippen molar-refractivity contribution in [3.8, 4) is 0 Å². The molecule has 1 N–H and O–H groups in total. The zero-order chi connectivity index (χ0) is 32.1. The van der Waals surface area contributed by atoms with Gasteiger partial charge in [0.25, 0.3) is 0 Å². The van der Waals surface area contributed by atoms with E-state index in [1.54, 1.807) is 5.57 Å². The van der Waals surface area contributed by atoms with Crippen LogP contribution in [0.1, 0.15) is 133 Å². The maximum absolute atomic E-state index is 13.8. The molecule has 5 aliphatic carbocycles. The molecule has 43 heavy (non-hydrogen) atoms. The lowest BCUT2D eigenvalue weighted by Crippen LogP contribution is -2.66. The summed E-state index contributed by atoms with van der Waals surface area (Å²) in [6.07, 6.45) is 12.9. The second kappa shape index (κ2) is 10.4. The van der Waals surface area contributed by atoms with E-state index in [2.05, 4.69) is 81.5 Å². The highest BCUT2D eigenvalue weighted by Crippen LogP contribution is 2.76. The summed E-state index contributed by atoms with van der Waals surface area (Å²) in [5.41, 5.74) is 1.68. The molecule has 0 radical (unpaired) electrons. The molecule has 9 atom stereocenters. The van der Waals surface area contributed by atoms with Gasteiger partial charge in [-0.1, -0.05) is 74.0 Å². The molecule has 0 aromatic heterocycles. The molecule has 5 aliphatic rings. The number of carbonyl (C=O) groups is 1. The predicted molar refractivity (Wildman–Crippen MR) is 179 cm³/mol. The smallest absolute Gasteiger partial charge is 0.312 e. The molecule has 4 fully saturated rings. The Morgan fingerprint density at radius 2 is 1.60 bits per heavy atom. The second-order valence-electron chi connectivity index (χ2n) is 19.2. The van der Waals surface area contributed by atoms with Gasteiger partial charge in [0.15, 0.2) is 8.32 Å². The molecule has 0 aromatic carbocycles. The van der Waals surface area contributed by atoms with Gasteiger partial charge in [0.1, 0.15) is 0 Å². The molecule has 3 unspecified atom stereocenters.